The van der Waals surface area contributed by atoms with Gasteiger partial charge in [-0.25, -0.2) is 4.39 Å². The Morgan fingerprint density at radius 1 is 0.425 bits per heavy atom. The van der Waals surface area contributed by atoms with Crippen molar-refractivity contribution in [2.24, 2.45) is 11.8 Å². The van der Waals surface area contributed by atoms with Crippen LogP contribution >= 0.6 is 0 Å². The van der Waals surface area contributed by atoms with Crippen molar-refractivity contribution in [3.63, 3.8) is 0 Å². The van der Waals surface area contributed by atoms with Gasteiger partial charge in [-0.15, -0.1) is 0 Å². The number of fused-ring (bicyclic) bond motifs is 14. The Morgan fingerprint density at radius 2 is 0.836 bits per heavy atom. The maximum Gasteiger partial charge on any atom is 0.194 e. The fraction of sp³-hybridized carbons (Fsp3) is 0.147. The summed E-state index contributed by atoms with van der Waals surface area (Å²) in [4.78, 5) is 28.3. The molecule has 1 N–H and O–H groups in total. The monoisotopic (exact) mass is 962 g/mol. The molecule has 0 aromatic heterocycles. The number of para-hydroxylation sites is 4. The van der Waals surface area contributed by atoms with Crippen LogP contribution < -0.4 is 10.2 Å². The van der Waals surface area contributed by atoms with E-state index in [4.69, 9.17) is 2.97 Å². The number of carbonyl (C=O) groups excluding carboxylic acids is 2. The number of benzene rings is 6. The molecule has 0 spiro atoms. The summed E-state index contributed by atoms with van der Waals surface area (Å²) >= 11 is 0. The summed E-state index contributed by atoms with van der Waals surface area (Å²) < 4.78 is 23.4. The largest absolute Gasteiger partial charge is 0.355 e. The van der Waals surface area contributed by atoms with E-state index in [1.807, 2.05) is 60.7 Å². The first-order valence-corrected chi connectivity index (χ1v) is 24.7. The van der Waals surface area contributed by atoms with Gasteiger partial charge < -0.3 is 10.2 Å². The molecule has 0 radical (unpaired) electrons. The summed E-state index contributed by atoms with van der Waals surface area (Å²) in [7, 11) is 0. The highest BCUT2D eigenvalue weighted by atomic mass is 19.1. The van der Waals surface area contributed by atoms with Gasteiger partial charge in [-0.2, -0.15) is 0 Å². The van der Waals surface area contributed by atoms with Crippen molar-refractivity contribution in [3.05, 3.63) is 257 Å². The molecule has 0 unspecified atom stereocenters. The second-order valence-corrected chi connectivity index (χ2v) is 19.7. The van der Waals surface area contributed by atoms with Gasteiger partial charge in [0.2, 0.25) is 0 Å². The number of halogens is 1. The third kappa shape index (κ3) is 8.00. The van der Waals surface area contributed by atoms with Gasteiger partial charge >= 0.3 is 0 Å². The first kappa shape index (κ1) is 46.9. The van der Waals surface area contributed by atoms with Crippen molar-refractivity contribution in [2.45, 2.75) is 54.4 Å². The van der Waals surface area contributed by atoms with E-state index in [-0.39, 0.29) is 33.7 Å². The third-order valence-electron chi connectivity index (χ3n) is 14.8. The average Bonchev–Trinajstić information content (AvgIpc) is 3.99. The van der Waals surface area contributed by atoms with Gasteiger partial charge in [0.15, 0.2) is 11.6 Å². The lowest BCUT2D eigenvalue weighted by Crippen LogP contribution is -2.24. The Labute approximate surface area is 434 Å². The van der Waals surface area contributed by atoms with Gasteiger partial charge in [-0.3, -0.25) is 9.59 Å². The quantitative estimate of drug-likeness (QED) is 0.192. The maximum absolute atomic E-state index is 13.5. The smallest absolute Gasteiger partial charge is 0.194 e. The predicted octanol–water partition coefficient (Wildman–Crippen LogP) is 19.0. The molecule has 0 amide bonds. The first-order chi connectivity index (χ1) is 35.7. The summed E-state index contributed by atoms with van der Waals surface area (Å²) in [6.45, 7) is 9.19. The molecule has 4 nitrogen and oxygen atoms in total. The van der Waals surface area contributed by atoms with Crippen molar-refractivity contribution in [3.8, 4) is 44.5 Å². The van der Waals surface area contributed by atoms with Crippen LogP contribution in [-0.2, 0) is 0 Å². The Morgan fingerprint density at radius 3 is 1.34 bits per heavy atom. The number of nitrogens with zero attached hydrogens (tertiary/aromatic N) is 1. The highest BCUT2D eigenvalue weighted by Crippen LogP contribution is 2.54. The van der Waals surface area contributed by atoms with Crippen LogP contribution in [0.3, 0.4) is 0 Å². The summed E-state index contributed by atoms with van der Waals surface area (Å²) in [5, 5.41) is 3.53. The first-order valence-electron chi connectivity index (χ1n) is 25.7. The SMILES string of the molecule is C.C.CC(C)C1c2ccccc2N(c2ccc3c(c2)-c2cc4cccccc-4c2C3=O)c2ccccc21.CC(C)C1c2ccccc2Nc2ccccc21.O=C1c2ccc(F)cc2-c2cc3cccccc-3c21.[2HH].[2H][2H]. The zero-order valence-electron chi connectivity index (χ0n) is 42.1. The zero-order chi connectivity index (χ0) is 50.5. The molecule has 2 aliphatic heterocycles. The second-order valence-electron chi connectivity index (χ2n) is 19.7. The van der Waals surface area contributed by atoms with Crippen molar-refractivity contribution in [2.75, 3.05) is 10.2 Å². The molecule has 73 heavy (non-hydrogen) atoms. The minimum absolute atomic E-state index is 0. The van der Waals surface area contributed by atoms with Crippen LogP contribution in [0, 0.1) is 17.7 Å². The number of nitrogens with one attached hydrogen (secondary N) is 1. The molecule has 6 aliphatic carbocycles. The van der Waals surface area contributed by atoms with E-state index in [0.29, 0.717) is 40.4 Å². The van der Waals surface area contributed by atoms with Crippen molar-refractivity contribution < 1.29 is 18.4 Å². The molecular weight excluding hydrogens is 896 g/mol. The van der Waals surface area contributed by atoms with Crippen LogP contribution in [0.15, 0.2) is 206 Å². The summed E-state index contributed by atoms with van der Waals surface area (Å²) in [6, 6.07) is 69.5. The van der Waals surface area contributed by atoms with Crippen LogP contribution in [0.2, 0.25) is 0 Å². The molecular formula is C68H63FN2O2. The van der Waals surface area contributed by atoms with Crippen LogP contribution in [0.25, 0.3) is 44.5 Å². The lowest BCUT2D eigenvalue weighted by atomic mass is 9.78. The number of rotatable bonds is 3. The van der Waals surface area contributed by atoms with Gasteiger partial charge in [0.05, 0.1) is 0 Å². The van der Waals surface area contributed by atoms with E-state index in [0.717, 1.165) is 55.8 Å². The van der Waals surface area contributed by atoms with Gasteiger partial charge in [0.1, 0.15) is 5.82 Å². The predicted molar refractivity (Wildman–Crippen MR) is 306 cm³/mol. The van der Waals surface area contributed by atoms with Crippen LogP contribution in [0.5, 0.6) is 0 Å². The standard InChI is InChI=1S/C33H25NO.C17H9FO.C16H17N.2CH4.2H2/c1-20(2)31-25-12-6-8-14-29(25)34(30-15-9-7-13-26(30)31)22-16-17-24-27(19-22)28-18-21-10-4-3-5-11-23(21)32(28)33(24)35;18-11-6-7-13-14(9-11)15-8-10-4-2-1-3-5-12(10)16(15)17(13)19;1-11(2)16-12-7-3-5-9-14(12)17-15-10-6-4-8-13(15)16;;;;/h3-20,31H,1-2H3;1-9H;3-11,16-17H,1-2H3;2*1H4;2*1H/i;;;;;1+1D;1+1. The minimum Gasteiger partial charge on any atom is -0.355 e. The lowest BCUT2D eigenvalue weighted by Gasteiger charge is -2.39. The third-order valence-corrected chi connectivity index (χ3v) is 14.8. The summed E-state index contributed by atoms with van der Waals surface area (Å²) in [5.74, 6) is 1.76. The molecule has 0 atom stereocenters. The molecule has 364 valence electrons. The topological polar surface area (TPSA) is 49.4 Å². The van der Waals surface area contributed by atoms with E-state index in [1.54, 1.807) is 6.07 Å². The highest BCUT2D eigenvalue weighted by Gasteiger charge is 2.36. The molecule has 0 saturated heterocycles. The van der Waals surface area contributed by atoms with Crippen molar-refractivity contribution in [1.82, 2.24) is 0 Å². The minimum atomic E-state index is -0.310. The number of hydrogen-bond acceptors (Lipinski definition) is 4. The molecule has 8 aliphatic rings. The Kier molecular flexibility index (Phi) is 12.4. The number of hydrogen-bond donors (Lipinski definition) is 1. The van der Waals surface area contributed by atoms with Crippen LogP contribution in [-0.4, -0.2) is 11.6 Å². The molecule has 5 heteroatoms. The lowest BCUT2D eigenvalue weighted by molar-refractivity contribution is 0.103. The van der Waals surface area contributed by atoms with E-state index in [1.165, 1.54) is 57.1 Å². The molecule has 0 bridgehead atoms. The molecule has 0 saturated carbocycles. The van der Waals surface area contributed by atoms with E-state index < -0.39 is 0 Å². The van der Waals surface area contributed by atoms with Gasteiger partial charge in [0, 0.05) is 66.9 Å². The fourth-order valence-corrected chi connectivity index (χ4v) is 11.8. The molecule has 0 fully saturated rings. The van der Waals surface area contributed by atoms with E-state index in [2.05, 4.69) is 165 Å². The number of ketones is 2. The van der Waals surface area contributed by atoms with E-state index >= 15 is 0 Å². The maximum atomic E-state index is 13.5. The average molecular weight is 962 g/mol. The van der Waals surface area contributed by atoms with Gasteiger partial charge in [-0.05, 0) is 151 Å². The van der Waals surface area contributed by atoms with Gasteiger partial charge in [0.25, 0.3) is 0 Å². The highest BCUT2D eigenvalue weighted by molar-refractivity contribution is 6.27. The number of carbonyl (C=O) groups is 2. The molecule has 6 aromatic carbocycles. The number of anilines is 5. The molecule has 6 aromatic rings. The van der Waals surface area contributed by atoms with Crippen molar-refractivity contribution in [1.29, 1.82) is 0 Å². The normalized spacial score (nSPS) is 13.4. The summed E-state index contributed by atoms with van der Waals surface area (Å²) in [5.41, 5.74) is 22.2. The van der Waals surface area contributed by atoms with Crippen LogP contribution in [0.4, 0.5) is 32.8 Å². The van der Waals surface area contributed by atoms with Gasteiger partial charge in [-0.1, -0.05) is 176 Å². The zero-order valence-corrected chi connectivity index (χ0v) is 40.1. The fourth-order valence-electron chi connectivity index (χ4n) is 11.8. The second kappa shape index (κ2) is 19.3. The Balaban J connectivity index is 0.000000159. The van der Waals surface area contributed by atoms with E-state index in [9.17, 15) is 14.0 Å². The Bertz CT molecular complexity index is 3600. The molecule has 2 heterocycles. The summed E-state index contributed by atoms with van der Waals surface area (Å²) in [6.07, 6.45) is 0. The van der Waals surface area contributed by atoms with Crippen molar-refractivity contribution >= 4 is 40.0 Å². The Hall–Kier alpha value is -8.41. The van der Waals surface area contributed by atoms with Crippen LogP contribution in [0.1, 0.15) is 113 Å². The molecule has 14 rings (SSSR count).